The Morgan fingerprint density at radius 1 is 1.50 bits per heavy atom. The van der Waals surface area contributed by atoms with Crippen LogP contribution in [0.4, 0.5) is 0 Å². The van der Waals surface area contributed by atoms with Crippen molar-refractivity contribution >= 4 is 11.8 Å². The van der Waals surface area contributed by atoms with Crippen LogP contribution in [-0.4, -0.2) is 41.5 Å². The number of likely N-dealkylation sites (N-methyl/N-ethyl adjacent to an activating group) is 1. The van der Waals surface area contributed by atoms with Gasteiger partial charge in [-0.3, -0.25) is 9.59 Å². The lowest BCUT2D eigenvalue weighted by molar-refractivity contribution is -0.125. The molecule has 1 aromatic rings. The summed E-state index contributed by atoms with van der Waals surface area (Å²) in [6.45, 7) is 4.62. The fourth-order valence-corrected chi connectivity index (χ4v) is 2.28. The zero-order valence-electron chi connectivity index (χ0n) is 12.2. The van der Waals surface area contributed by atoms with Gasteiger partial charge in [-0.05, 0) is 19.3 Å². The molecule has 1 fully saturated rings. The average molecular weight is 279 g/mol. The highest BCUT2D eigenvalue weighted by molar-refractivity contribution is 5.96. The van der Waals surface area contributed by atoms with Crippen molar-refractivity contribution < 1.29 is 14.1 Å². The molecule has 0 unspecified atom stereocenters. The molecule has 2 amide bonds. The van der Waals surface area contributed by atoms with E-state index in [0.29, 0.717) is 18.7 Å². The first-order valence-corrected chi connectivity index (χ1v) is 7.02. The normalized spacial score (nSPS) is 19.6. The van der Waals surface area contributed by atoms with Crippen LogP contribution in [0.15, 0.2) is 10.6 Å². The smallest absolute Gasteiger partial charge is 0.276 e. The second kappa shape index (κ2) is 6.07. The Balaban J connectivity index is 2.12. The van der Waals surface area contributed by atoms with Crippen molar-refractivity contribution in [3.05, 3.63) is 17.5 Å². The molecule has 1 aliphatic rings. The minimum Gasteiger partial charge on any atom is -0.360 e. The molecule has 0 aliphatic carbocycles. The van der Waals surface area contributed by atoms with Crippen molar-refractivity contribution in [2.45, 2.75) is 45.1 Å². The molecule has 110 valence electrons. The predicted molar refractivity (Wildman–Crippen MR) is 73.3 cm³/mol. The van der Waals surface area contributed by atoms with Gasteiger partial charge in [-0.2, -0.15) is 0 Å². The molecule has 20 heavy (non-hydrogen) atoms. The van der Waals surface area contributed by atoms with Crippen LogP contribution in [0.25, 0.3) is 0 Å². The molecule has 1 atom stereocenters. The molecule has 2 heterocycles. The maximum Gasteiger partial charge on any atom is 0.276 e. The van der Waals surface area contributed by atoms with Crippen LogP contribution in [0.2, 0.25) is 0 Å². The highest BCUT2D eigenvalue weighted by atomic mass is 16.5. The van der Waals surface area contributed by atoms with E-state index in [-0.39, 0.29) is 23.4 Å². The minimum atomic E-state index is -0.427. The fraction of sp³-hybridized carbons (Fsp3) is 0.643. The molecule has 0 radical (unpaired) electrons. The largest absolute Gasteiger partial charge is 0.360 e. The summed E-state index contributed by atoms with van der Waals surface area (Å²) in [5.41, 5.74) is 0.258. The predicted octanol–water partition coefficient (Wildman–Crippen LogP) is 1.54. The van der Waals surface area contributed by atoms with Gasteiger partial charge in [0.15, 0.2) is 5.69 Å². The van der Waals surface area contributed by atoms with E-state index < -0.39 is 6.04 Å². The zero-order chi connectivity index (χ0) is 14.7. The van der Waals surface area contributed by atoms with Gasteiger partial charge in [0.05, 0.1) is 0 Å². The molecule has 0 bridgehead atoms. The maximum absolute atomic E-state index is 12.4. The molecule has 0 spiro atoms. The summed E-state index contributed by atoms with van der Waals surface area (Å²) < 4.78 is 5.14. The van der Waals surface area contributed by atoms with Crippen molar-refractivity contribution in [2.24, 2.45) is 0 Å². The summed E-state index contributed by atoms with van der Waals surface area (Å²) in [7, 11) is 1.64. The van der Waals surface area contributed by atoms with Gasteiger partial charge in [-0.1, -0.05) is 19.0 Å². The van der Waals surface area contributed by atoms with E-state index in [0.717, 1.165) is 12.8 Å². The number of carbonyl (C=O) groups is 2. The van der Waals surface area contributed by atoms with Crippen LogP contribution in [0.1, 0.15) is 55.3 Å². The van der Waals surface area contributed by atoms with E-state index >= 15 is 0 Å². The van der Waals surface area contributed by atoms with E-state index in [9.17, 15) is 9.59 Å². The molecular formula is C14H21N3O3. The first kappa shape index (κ1) is 14.6. The van der Waals surface area contributed by atoms with E-state index in [4.69, 9.17) is 4.52 Å². The fourth-order valence-electron chi connectivity index (χ4n) is 2.28. The van der Waals surface area contributed by atoms with E-state index in [1.807, 2.05) is 13.8 Å². The lowest BCUT2D eigenvalue weighted by Gasteiger charge is -2.24. The first-order valence-electron chi connectivity index (χ1n) is 7.02. The number of amides is 2. The number of hydrogen-bond acceptors (Lipinski definition) is 4. The number of carbonyl (C=O) groups excluding carboxylic acids is 2. The molecule has 0 aromatic carbocycles. The standard InChI is InChI=1S/C14H21N3O3/c1-9(2)12-8-10(16-20-12)14(19)17(3)11-6-4-5-7-15-13(11)18/h8-9,11H,4-7H2,1-3H3,(H,15,18)/t11-/m1/s1. The Hall–Kier alpha value is -1.85. The molecule has 1 aliphatic heterocycles. The maximum atomic E-state index is 12.4. The molecule has 1 N–H and O–H groups in total. The number of hydrogen-bond donors (Lipinski definition) is 1. The van der Waals surface area contributed by atoms with Crippen molar-refractivity contribution in [1.82, 2.24) is 15.4 Å². The third-order valence-corrected chi connectivity index (χ3v) is 3.61. The Bertz CT molecular complexity index is 496. The molecule has 6 nitrogen and oxygen atoms in total. The average Bonchev–Trinajstić information content (AvgIpc) is 2.81. The SMILES string of the molecule is CC(C)c1cc(C(=O)N(C)[C@@H]2CCCCNC2=O)no1. The molecule has 1 saturated heterocycles. The van der Waals surface area contributed by atoms with Crippen molar-refractivity contribution in [2.75, 3.05) is 13.6 Å². The van der Waals surface area contributed by atoms with Crippen molar-refractivity contribution in [3.63, 3.8) is 0 Å². The second-order valence-electron chi connectivity index (χ2n) is 5.49. The van der Waals surface area contributed by atoms with Gasteiger partial charge in [0.25, 0.3) is 5.91 Å². The van der Waals surface area contributed by atoms with Crippen LogP contribution >= 0.6 is 0 Å². The van der Waals surface area contributed by atoms with Crippen LogP contribution in [0.5, 0.6) is 0 Å². The minimum absolute atomic E-state index is 0.0917. The Labute approximate surface area is 118 Å². The van der Waals surface area contributed by atoms with Gasteiger partial charge in [0.1, 0.15) is 11.8 Å². The summed E-state index contributed by atoms with van der Waals surface area (Å²) in [4.78, 5) is 25.8. The van der Waals surface area contributed by atoms with Crippen LogP contribution in [0.3, 0.4) is 0 Å². The first-order chi connectivity index (χ1) is 9.50. The zero-order valence-corrected chi connectivity index (χ0v) is 12.2. The molecule has 6 heteroatoms. The second-order valence-corrected chi connectivity index (χ2v) is 5.49. The molecule has 2 rings (SSSR count). The van der Waals surface area contributed by atoms with Gasteiger partial charge in [-0.25, -0.2) is 0 Å². The third-order valence-electron chi connectivity index (χ3n) is 3.61. The van der Waals surface area contributed by atoms with Gasteiger partial charge in [-0.15, -0.1) is 0 Å². The van der Waals surface area contributed by atoms with Gasteiger partial charge in [0.2, 0.25) is 5.91 Å². The summed E-state index contributed by atoms with van der Waals surface area (Å²) in [6.07, 6.45) is 2.56. The summed E-state index contributed by atoms with van der Waals surface area (Å²) in [6, 6.07) is 1.22. The lowest BCUT2D eigenvalue weighted by Crippen LogP contribution is -2.46. The van der Waals surface area contributed by atoms with Gasteiger partial charge >= 0.3 is 0 Å². The van der Waals surface area contributed by atoms with Crippen molar-refractivity contribution in [3.8, 4) is 0 Å². The third kappa shape index (κ3) is 3.00. The van der Waals surface area contributed by atoms with E-state index in [1.165, 1.54) is 4.90 Å². The van der Waals surface area contributed by atoms with E-state index in [1.54, 1.807) is 13.1 Å². The number of nitrogens with zero attached hydrogens (tertiary/aromatic N) is 2. The summed E-state index contributed by atoms with van der Waals surface area (Å²) in [5.74, 6) is 0.483. The quantitative estimate of drug-likeness (QED) is 0.910. The van der Waals surface area contributed by atoms with Crippen molar-refractivity contribution in [1.29, 1.82) is 0 Å². The van der Waals surface area contributed by atoms with E-state index in [2.05, 4.69) is 10.5 Å². The highest BCUT2D eigenvalue weighted by Gasteiger charge is 2.30. The van der Waals surface area contributed by atoms with Gasteiger partial charge in [0, 0.05) is 25.6 Å². The number of nitrogens with one attached hydrogen (secondary N) is 1. The summed E-state index contributed by atoms with van der Waals surface area (Å²) >= 11 is 0. The Kier molecular flexibility index (Phi) is 4.42. The lowest BCUT2D eigenvalue weighted by atomic mass is 10.1. The number of rotatable bonds is 3. The number of aromatic nitrogens is 1. The van der Waals surface area contributed by atoms with Crippen LogP contribution in [0, 0.1) is 0 Å². The molecule has 1 aromatic heterocycles. The highest BCUT2D eigenvalue weighted by Crippen LogP contribution is 2.18. The molecule has 0 saturated carbocycles. The van der Waals surface area contributed by atoms with Gasteiger partial charge < -0.3 is 14.7 Å². The summed E-state index contributed by atoms with van der Waals surface area (Å²) in [5, 5.41) is 6.63. The topological polar surface area (TPSA) is 75.4 Å². The Morgan fingerprint density at radius 2 is 2.25 bits per heavy atom. The van der Waals surface area contributed by atoms with Crippen LogP contribution < -0.4 is 5.32 Å². The van der Waals surface area contributed by atoms with Crippen LogP contribution in [-0.2, 0) is 4.79 Å². The molecular weight excluding hydrogens is 258 g/mol. The Morgan fingerprint density at radius 3 is 2.90 bits per heavy atom. The monoisotopic (exact) mass is 279 g/mol.